The highest BCUT2D eigenvalue weighted by Gasteiger charge is 2.36. The highest BCUT2D eigenvalue weighted by Crippen LogP contribution is 2.38. The number of nitrogens with zero attached hydrogens (tertiary/aromatic N) is 4. The zero-order valence-electron chi connectivity index (χ0n) is 17.9. The van der Waals surface area contributed by atoms with Gasteiger partial charge in [0.2, 0.25) is 16.0 Å². The third kappa shape index (κ3) is 4.38. The molecule has 0 radical (unpaired) electrons. The number of rotatable bonds is 6. The van der Waals surface area contributed by atoms with Gasteiger partial charge in [-0.25, -0.2) is 23.2 Å². The lowest BCUT2D eigenvalue weighted by Gasteiger charge is -2.34. The standard InChI is InChI=1S/C22H24N4O4S2/c1-3-30-21(27)19-20(18(15-31-19)17-7-5-16(2)6-8-17)32(28,29)26-13-11-25(12-14-26)22-23-9-4-10-24-22/h4-10,15H,3,11-14H2,1-2H3. The van der Waals surface area contributed by atoms with Crippen LogP contribution in [0.4, 0.5) is 5.95 Å². The molecule has 0 atom stereocenters. The molecule has 4 rings (SSSR count). The number of sulfonamides is 1. The maximum absolute atomic E-state index is 13.8. The lowest BCUT2D eigenvalue weighted by molar-refractivity contribution is 0.0528. The second-order valence-electron chi connectivity index (χ2n) is 7.33. The highest BCUT2D eigenvalue weighted by molar-refractivity contribution is 7.89. The van der Waals surface area contributed by atoms with E-state index in [2.05, 4.69) is 9.97 Å². The predicted octanol–water partition coefficient (Wildman–Crippen LogP) is 3.20. The molecule has 0 N–H and O–H groups in total. The van der Waals surface area contributed by atoms with Crippen molar-refractivity contribution in [3.63, 3.8) is 0 Å². The Kier molecular flexibility index (Phi) is 6.54. The molecule has 1 fully saturated rings. The summed E-state index contributed by atoms with van der Waals surface area (Å²) >= 11 is 1.10. The Bertz CT molecular complexity index is 1190. The van der Waals surface area contributed by atoms with E-state index in [0.29, 0.717) is 24.6 Å². The van der Waals surface area contributed by atoms with Crippen LogP contribution in [0.25, 0.3) is 11.1 Å². The lowest BCUT2D eigenvalue weighted by Crippen LogP contribution is -2.49. The number of carbonyl (C=O) groups excluding carboxylic acids is 1. The first-order valence-electron chi connectivity index (χ1n) is 10.3. The monoisotopic (exact) mass is 472 g/mol. The van der Waals surface area contributed by atoms with Crippen molar-refractivity contribution >= 4 is 33.3 Å². The summed E-state index contributed by atoms with van der Waals surface area (Å²) in [6, 6.07) is 9.33. The van der Waals surface area contributed by atoms with Crippen molar-refractivity contribution in [3.05, 3.63) is 58.5 Å². The summed E-state index contributed by atoms with van der Waals surface area (Å²) in [6.07, 6.45) is 3.33. The van der Waals surface area contributed by atoms with E-state index in [-0.39, 0.29) is 29.5 Å². The molecule has 0 spiro atoms. The minimum atomic E-state index is -3.93. The summed E-state index contributed by atoms with van der Waals surface area (Å²) < 4.78 is 34.1. The van der Waals surface area contributed by atoms with E-state index in [1.165, 1.54) is 4.31 Å². The second-order valence-corrected chi connectivity index (χ2v) is 10.1. The van der Waals surface area contributed by atoms with E-state index < -0.39 is 16.0 Å². The van der Waals surface area contributed by atoms with Crippen LogP contribution in [0.2, 0.25) is 0 Å². The summed E-state index contributed by atoms with van der Waals surface area (Å²) in [5, 5.41) is 1.72. The maximum atomic E-state index is 13.8. The number of hydrogen-bond donors (Lipinski definition) is 0. The van der Waals surface area contributed by atoms with Crippen molar-refractivity contribution in [1.82, 2.24) is 14.3 Å². The largest absolute Gasteiger partial charge is 0.462 e. The Morgan fingerprint density at radius 2 is 1.75 bits per heavy atom. The minimum Gasteiger partial charge on any atom is -0.462 e. The van der Waals surface area contributed by atoms with Gasteiger partial charge in [-0.05, 0) is 25.5 Å². The molecule has 2 aromatic heterocycles. The molecular weight excluding hydrogens is 448 g/mol. The van der Waals surface area contributed by atoms with E-state index in [0.717, 1.165) is 22.5 Å². The number of anilines is 1. The second kappa shape index (κ2) is 9.35. The van der Waals surface area contributed by atoms with Crippen LogP contribution in [0.1, 0.15) is 22.2 Å². The lowest BCUT2D eigenvalue weighted by atomic mass is 10.1. The van der Waals surface area contributed by atoms with E-state index in [1.807, 2.05) is 36.1 Å². The van der Waals surface area contributed by atoms with Crippen molar-refractivity contribution in [2.45, 2.75) is 18.7 Å². The molecule has 1 aliphatic rings. The van der Waals surface area contributed by atoms with Gasteiger partial charge in [-0.3, -0.25) is 0 Å². The Morgan fingerprint density at radius 1 is 1.09 bits per heavy atom. The fraction of sp³-hybridized carbons (Fsp3) is 0.318. The molecule has 0 amide bonds. The Balaban J connectivity index is 1.68. The van der Waals surface area contributed by atoms with Crippen LogP contribution in [-0.4, -0.2) is 61.4 Å². The van der Waals surface area contributed by atoms with Gasteiger partial charge in [0.1, 0.15) is 9.77 Å². The average molecular weight is 473 g/mol. The molecule has 3 heterocycles. The molecule has 8 nitrogen and oxygen atoms in total. The van der Waals surface area contributed by atoms with Gasteiger partial charge in [-0.15, -0.1) is 11.3 Å². The summed E-state index contributed by atoms with van der Waals surface area (Å²) in [7, 11) is -3.93. The first-order chi connectivity index (χ1) is 15.4. The quantitative estimate of drug-likeness (QED) is 0.509. The van der Waals surface area contributed by atoms with Gasteiger partial charge in [0.15, 0.2) is 0 Å². The van der Waals surface area contributed by atoms with Crippen LogP contribution in [0.15, 0.2) is 53.0 Å². The predicted molar refractivity (Wildman–Crippen MR) is 123 cm³/mol. The van der Waals surface area contributed by atoms with Crippen LogP contribution in [0, 0.1) is 6.92 Å². The van der Waals surface area contributed by atoms with Gasteiger partial charge in [0, 0.05) is 49.5 Å². The van der Waals surface area contributed by atoms with Gasteiger partial charge in [0.05, 0.1) is 6.61 Å². The molecule has 10 heteroatoms. The van der Waals surface area contributed by atoms with E-state index >= 15 is 0 Å². The molecule has 0 saturated carbocycles. The number of benzene rings is 1. The summed E-state index contributed by atoms with van der Waals surface area (Å²) in [6.45, 7) is 5.30. The number of esters is 1. The smallest absolute Gasteiger partial charge is 0.349 e. The normalized spacial score (nSPS) is 15.0. The number of aromatic nitrogens is 2. The molecule has 1 aliphatic heterocycles. The number of piperazine rings is 1. The SMILES string of the molecule is CCOC(=O)c1scc(-c2ccc(C)cc2)c1S(=O)(=O)N1CCN(c2ncccn2)CC1. The molecule has 32 heavy (non-hydrogen) atoms. The zero-order valence-corrected chi connectivity index (χ0v) is 19.5. The average Bonchev–Trinajstić information content (AvgIpc) is 3.27. The topological polar surface area (TPSA) is 92.7 Å². The summed E-state index contributed by atoms with van der Waals surface area (Å²) in [5.74, 6) is -0.0432. The molecule has 3 aromatic rings. The van der Waals surface area contributed by atoms with Crippen molar-refractivity contribution < 1.29 is 17.9 Å². The number of thiophene rings is 1. The van der Waals surface area contributed by atoms with Crippen LogP contribution >= 0.6 is 11.3 Å². The van der Waals surface area contributed by atoms with E-state index in [9.17, 15) is 13.2 Å². The van der Waals surface area contributed by atoms with Crippen molar-refractivity contribution in [2.75, 3.05) is 37.7 Å². The fourth-order valence-corrected chi connectivity index (χ4v) is 6.66. The molecule has 1 saturated heterocycles. The van der Waals surface area contributed by atoms with Crippen molar-refractivity contribution in [2.24, 2.45) is 0 Å². The van der Waals surface area contributed by atoms with E-state index in [4.69, 9.17) is 4.74 Å². The first kappa shape index (κ1) is 22.4. The third-order valence-electron chi connectivity index (χ3n) is 5.24. The summed E-state index contributed by atoms with van der Waals surface area (Å²) in [5.41, 5.74) is 2.34. The molecule has 0 aliphatic carbocycles. The van der Waals surface area contributed by atoms with Crippen LogP contribution in [0.5, 0.6) is 0 Å². The first-order valence-corrected chi connectivity index (χ1v) is 12.6. The summed E-state index contributed by atoms with van der Waals surface area (Å²) in [4.78, 5) is 23.2. The Morgan fingerprint density at radius 3 is 2.38 bits per heavy atom. The zero-order chi connectivity index (χ0) is 22.7. The van der Waals surface area contributed by atoms with Crippen molar-refractivity contribution in [3.8, 4) is 11.1 Å². The van der Waals surface area contributed by atoms with Crippen molar-refractivity contribution in [1.29, 1.82) is 0 Å². The molecular formula is C22H24N4O4S2. The van der Waals surface area contributed by atoms with E-state index in [1.54, 1.807) is 30.8 Å². The van der Waals surface area contributed by atoms with Gasteiger partial charge >= 0.3 is 5.97 Å². The Labute approximate surface area is 191 Å². The Hall–Kier alpha value is -2.82. The number of ether oxygens (including phenoxy) is 1. The molecule has 168 valence electrons. The molecule has 0 unspecified atom stereocenters. The fourth-order valence-electron chi connectivity index (χ4n) is 3.59. The number of aryl methyl sites for hydroxylation is 1. The van der Waals surface area contributed by atoms with Gasteiger partial charge in [-0.2, -0.15) is 4.31 Å². The number of hydrogen-bond acceptors (Lipinski definition) is 8. The number of carbonyl (C=O) groups is 1. The van der Waals surface area contributed by atoms with Crippen LogP contribution < -0.4 is 4.90 Å². The molecule has 1 aromatic carbocycles. The highest BCUT2D eigenvalue weighted by atomic mass is 32.2. The third-order valence-corrected chi connectivity index (χ3v) is 8.31. The van der Waals surface area contributed by atoms with Crippen LogP contribution in [0.3, 0.4) is 0 Å². The van der Waals surface area contributed by atoms with Gasteiger partial charge < -0.3 is 9.64 Å². The van der Waals surface area contributed by atoms with Gasteiger partial charge in [-0.1, -0.05) is 29.8 Å². The molecule has 0 bridgehead atoms. The minimum absolute atomic E-state index is 0.0224. The maximum Gasteiger partial charge on any atom is 0.349 e. The van der Waals surface area contributed by atoms with Crippen LogP contribution in [-0.2, 0) is 14.8 Å². The van der Waals surface area contributed by atoms with Gasteiger partial charge in [0.25, 0.3) is 0 Å².